The summed E-state index contributed by atoms with van der Waals surface area (Å²) in [5, 5.41) is 0. The van der Waals surface area contributed by atoms with Crippen LogP contribution in [0.1, 0.15) is 86.0 Å². The minimum absolute atomic E-state index is 0.248. The highest BCUT2D eigenvalue weighted by Gasteiger charge is 2.07. The molecule has 0 N–H and O–H groups in total. The second kappa shape index (κ2) is 12.2. The number of hydrogen-bond donors (Lipinski definition) is 0. The summed E-state index contributed by atoms with van der Waals surface area (Å²) in [6.45, 7) is 12.7. The van der Waals surface area contributed by atoms with Crippen LogP contribution < -0.4 is 0 Å². The normalized spacial score (nSPS) is 11.3. The van der Waals surface area contributed by atoms with Crippen LogP contribution in [0.4, 0.5) is 0 Å². The van der Waals surface area contributed by atoms with E-state index in [2.05, 4.69) is 27.7 Å². The second-order valence-corrected chi connectivity index (χ2v) is 6.99. The van der Waals surface area contributed by atoms with Crippen LogP contribution in [-0.2, 0) is 4.79 Å². The zero-order valence-electron chi connectivity index (χ0n) is 14.6. The fourth-order valence-electron chi connectivity index (χ4n) is 2.49. The molecule has 0 aromatic carbocycles. The van der Waals surface area contributed by atoms with Gasteiger partial charge in [0.05, 0.1) is 0 Å². The van der Waals surface area contributed by atoms with E-state index in [9.17, 15) is 4.79 Å². The summed E-state index contributed by atoms with van der Waals surface area (Å²) >= 11 is 0. The Morgan fingerprint density at radius 2 is 1.15 bits per heavy atom. The van der Waals surface area contributed by atoms with Crippen molar-refractivity contribution in [1.29, 1.82) is 0 Å². The number of amides is 1. The third kappa shape index (κ3) is 12.5. The summed E-state index contributed by atoms with van der Waals surface area (Å²) in [7, 11) is 0. The molecule has 0 rings (SSSR count). The van der Waals surface area contributed by atoms with Crippen molar-refractivity contribution < 1.29 is 4.79 Å². The van der Waals surface area contributed by atoms with Gasteiger partial charge in [0.15, 0.2) is 0 Å². The van der Waals surface area contributed by atoms with Crippen LogP contribution >= 0.6 is 0 Å². The highest BCUT2D eigenvalue weighted by atomic mass is 16.2. The van der Waals surface area contributed by atoms with E-state index in [1.807, 2.05) is 4.90 Å². The van der Waals surface area contributed by atoms with E-state index in [1.165, 1.54) is 38.5 Å². The molecule has 120 valence electrons. The van der Waals surface area contributed by atoms with Crippen molar-refractivity contribution >= 4 is 5.91 Å². The lowest BCUT2D eigenvalue weighted by Gasteiger charge is -2.21. The first-order valence-corrected chi connectivity index (χ1v) is 8.69. The first-order chi connectivity index (χ1) is 9.43. The molecule has 2 heteroatoms. The van der Waals surface area contributed by atoms with Crippen LogP contribution in [-0.4, -0.2) is 23.9 Å². The van der Waals surface area contributed by atoms with Gasteiger partial charge >= 0.3 is 0 Å². The lowest BCUT2D eigenvalue weighted by molar-refractivity contribution is -0.129. The minimum atomic E-state index is 0.248. The Kier molecular flexibility index (Phi) is 11.9. The predicted octanol–water partition coefficient (Wildman–Crippen LogP) is 5.27. The Balaban J connectivity index is 3.64. The fraction of sp³-hybridized carbons (Fsp3) is 0.944. The molecule has 0 spiro atoms. The van der Waals surface area contributed by atoms with Gasteiger partial charge < -0.3 is 4.90 Å². The standard InChI is InChI=1S/C18H37NO/c1-16(2)12-8-6-10-14-19(18(5)20)15-11-7-9-13-17(3)4/h16-17H,6-15H2,1-5H3. The average Bonchev–Trinajstić information content (AvgIpc) is 2.34. The second-order valence-electron chi connectivity index (χ2n) is 6.99. The monoisotopic (exact) mass is 283 g/mol. The van der Waals surface area contributed by atoms with Gasteiger partial charge in [0.25, 0.3) is 0 Å². The Morgan fingerprint density at radius 3 is 1.45 bits per heavy atom. The molecular formula is C18H37NO. The molecule has 2 nitrogen and oxygen atoms in total. The minimum Gasteiger partial charge on any atom is -0.343 e. The molecule has 0 aliphatic heterocycles. The van der Waals surface area contributed by atoms with Crippen molar-refractivity contribution in [3.8, 4) is 0 Å². The lowest BCUT2D eigenvalue weighted by Crippen LogP contribution is -2.30. The number of carbonyl (C=O) groups excluding carboxylic acids is 1. The molecule has 1 amide bonds. The summed E-state index contributed by atoms with van der Waals surface area (Å²) in [6.07, 6.45) is 10.1. The van der Waals surface area contributed by atoms with Gasteiger partial charge in [-0.3, -0.25) is 4.79 Å². The maximum atomic E-state index is 11.6. The van der Waals surface area contributed by atoms with Crippen LogP contribution in [0, 0.1) is 11.8 Å². The Labute approximate surface area is 127 Å². The molecule has 0 bridgehead atoms. The van der Waals surface area contributed by atoms with Crippen molar-refractivity contribution in [3.05, 3.63) is 0 Å². The van der Waals surface area contributed by atoms with E-state index in [0.717, 1.165) is 37.8 Å². The molecule has 0 atom stereocenters. The van der Waals surface area contributed by atoms with Crippen molar-refractivity contribution in [2.45, 2.75) is 86.0 Å². The van der Waals surface area contributed by atoms with E-state index in [0.29, 0.717) is 0 Å². The van der Waals surface area contributed by atoms with Crippen LogP contribution in [0.15, 0.2) is 0 Å². The van der Waals surface area contributed by atoms with Crippen LogP contribution in [0.5, 0.6) is 0 Å². The molecule has 0 fully saturated rings. The lowest BCUT2D eigenvalue weighted by atomic mass is 10.0. The Bertz CT molecular complexity index is 218. The van der Waals surface area contributed by atoms with Gasteiger partial charge in [0.1, 0.15) is 0 Å². The molecule has 0 heterocycles. The van der Waals surface area contributed by atoms with Gasteiger partial charge in [0, 0.05) is 20.0 Å². The van der Waals surface area contributed by atoms with E-state index >= 15 is 0 Å². The van der Waals surface area contributed by atoms with Gasteiger partial charge in [0.2, 0.25) is 5.91 Å². The SMILES string of the molecule is CC(=O)N(CCCCCC(C)C)CCCCCC(C)C. The average molecular weight is 284 g/mol. The first-order valence-electron chi connectivity index (χ1n) is 8.69. The Morgan fingerprint density at radius 1 is 0.750 bits per heavy atom. The maximum absolute atomic E-state index is 11.6. The number of nitrogens with zero attached hydrogens (tertiary/aromatic N) is 1. The summed E-state index contributed by atoms with van der Waals surface area (Å²) in [5.41, 5.74) is 0. The van der Waals surface area contributed by atoms with Gasteiger partial charge in [-0.1, -0.05) is 66.2 Å². The summed E-state index contributed by atoms with van der Waals surface area (Å²) in [5.74, 6) is 1.86. The highest BCUT2D eigenvalue weighted by Crippen LogP contribution is 2.11. The molecule has 0 saturated heterocycles. The number of carbonyl (C=O) groups is 1. The van der Waals surface area contributed by atoms with Crippen LogP contribution in [0.2, 0.25) is 0 Å². The van der Waals surface area contributed by atoms with Crippen molar-refractivity contribution in [3.63, 3.8) is 0 Å². The van der Waals surface area contributed by atoms with Gasteiger partial charge in [-0.25, -0.2) is 0 Å². The largest absolute Gasteiger partial charge is 0.343 e. The van der Waals surface area contributed by atoms with Crippen LogP contribution in [0.3, 0.4) is 0 Å². The smallest absolute Gasteiger partial charge is 0.219 e. The van der Waals surface area contributed by atoms with E-state index in [-0.39, 0.29) is 5.91 Å². The number of rotatable bonds is 12. The van der Waals surface area contributed by atoms with E-state index < -0.39 is 0 Å². The Hall–Kier alpha value is -0.530. The zero-order valence-corrected chi connectivity index (χ0v) is 14.6. The summed E-state index contributed by atoms with van der Waals surface area (Å²) in [6, 6.07) is 0. The zero-order chi connectivity index (χ0) is 15.4. The highest BCUT2D eigenvalue weighted by molar-refractivity contribution is 5.73. The molecule has 0 aliphatic carbocycles. The molecule has 0 unspecified atom stereocenters. The van der Waals surface area contributed by atoms with Gasteiger partial charge in [-0.05, 0) is 24.7 Å². The third-order valence-electron chi connectivity index (χ3n) is 3.86. The van der Waals surface area contributed by atoms with Gasteiger partial charge in [-0.15, -0.1) is 0 Å². The molecule has 0 radical (unpaired) electrons. The van der Waals surface area contributed by atoms with E-state index in [1.54, 1.807) is 6.92 Å². The predicted molar refractivity (Wildman–Crippen MR) is 88.9 cm³/mol. The molecule has 0 aromatic heterocycles. The number of unbranched alkanes of at least 4 members (excludes halogenated alkanes) is 4. The van der Waals surface area contributed by atoms with Crippen molar-refractivity contribution in [2.75, 3.05) is 13.1 Å². The summed E-state index contributed by atoms with van der Waals surface area (Å²) < 4.78 is 0. The molecule has 20 heavy (non-hydrogen) atoms. The number of hydrogen-bond acceptors (Lipinski definition) is 1. The third-order valence-corrected chi connectivity index (χ3v) is 3.86. The topological polar surface area (TPSA) is 20.3 Å². The molecular weight excluding hydrogens is 246 g/mol. The molecule has 0 aromatic rings. The van der Waals surface area contributed by atoms with E-state index in [4.69, 9.17) is 0 Å². The molecule has 0 aliphatic rings. The first kappa shape index (κ1) is 19.5. The maximum Gasteiger partial charge on any atom is 0.219 e. The quantitative estimate of drug-likeness (QED) is 0.447. The van der Waals surface area contributed by atoms with Crippen molar-refractivity contribution in [2.24, 2.45) is 11.8 Å². The molecule has 0 saturated carbocycles. The summed E-state index contributed by atoms with van der Waals surface area (Å²) in [4.78, 5) is 13.7. The van der Waals surface area contributed by atoms with Crippen LogP contribution in [0.25, 0.3) is 0 Å². The van der Waals surface area contributed by atoms with Crippen molar-refractivity contribution in [1.82, 2.24) is 4.90 Å². The fourth-order valence-corrected chi connectivity index (χ4v) is 2.49. The van der Waals surface area contributed by atoms with Gasteiger partial charge in [-0.2, -0.15) is 0 Å².